The molecule has 0 radical (unpaired) electrons. The van der Waals surface area contributed by atoms with E-state index in [0.29, 0.717) is 30.3 Å². The molecule has 1 aromatic carbocycles. The smallest absolute Gasteiger partial charge is 0.348 e. The van der Waals surface area contributed by atoms with E-state index in [1.165, 1.54) is 25.3 Å². The number of nitrogens with one attached hydrogen (secondary N) is 2. The summed E-state index contributed by atoms with van der Waals surface area (Å²) < 4.78 is 5.37. The second kappa shape index (κ2) is 20.8. The normalized spacial score (nSPS) is 11.5. The summed E-state index contributed by atoms with van der Waals surface area (Å²) >= 11 is 0. The van der Waals surface area contributed by atoms with E-state index in [4.69, 9.17) is 4.74 Å². The SMILES string of the molecule is CC.CCCCCCCNC(=O)Nc1ccc(/C=C(/C#N)C(=O)OCC(CC)CCCC)cc1. The van der Waals surface area contributed by atoms with E-state index in [-0.39, 0.29) is 11.6 Å². The molecule has 6 nitrogen and oxygen atoms in total. The van der Waals surface area contributed by atoms with E-state index < -0.39 is 5.97 Å². The average molecular weight is 472 g/mol. The Morgan fingerprint density at radius 3 is 2.24 bits per heavy atom. The van der Waals surface area contributed by atoms with E-state index in [1.54, 1.807) is 24.3 Å². The Morgan fingerprint density at radius 1 is 1.00 bits per heavy atom. The zero-order valence-corrected chi connectivity index (χ0v) is 21.9. The number of nitrogens with zero attached hydrogens (tertiary/aromatic N) is 1. The third-order valence-corrected chi connectivity index (χ3v) is 5.38. The summed E-state index contributed by atoms with van der Waals surface area (Å²) in [5, 5.41) is 15.0. The van der Waals surface area contributed by atoms with Gasteiger partial charge in [-0.1, -0.05) is 91.7 Å². The fraction of sp³-hybridized carbons (Fsp3) is 0.607. The van der Waals surface area contributed by atoms with Crippen LogP contribution in [0.5, 0.6) is 0 Å². The van der Waals surface area contributed by atoms with Gasteiger partial charge in [0.15, 0.2) is 0 Å². The van der Waals surface area contributed by atoms with Gasteiger partial charge in [-0.2, -0.15) is 5.26 Å². The van der Waals surface area contributed by atoms with Crippen molar-refractivity contribution in [3.63, 3.8) is 0 Å². The number of carbonyl (C=O) groups is 2. The molecular weight excluding hydrogens is 426 g/mol. The monoisotopic (exact) mass is 471 g/mol. The van der Waals surface area contributed by atoms with Crippen LogP contribution in [-0.2, 0) is 9.53 Å². The van der Waals surface area contributed by atoms with E-state index in [0.717, 1.165) is 38.5 Å². The maximum Gasteiger partial charge on any atom is 0.348 e. The fourth-order valence-electron chi connectivity index (χ4n) is 3.24. The highest BCUT2D eigenvalue weighted by molar-refractivity contribution is 5.98. The van der Waals surface area contributed by atoms with E-state index >= 15 is 0 Å². The van der Waals surface area contributed by atoms with Gasteiger partial charge < -0.3 is 15.4 Å². The lowest BCUT2D eigenvalue weighted by atomic mass is 10.0. The quantitative estimate of drug-likeness (QED) is 0.120. The Kier molecular flexibility index (Phi) is 19.1. The van der Waals surface area contributed by atoms with Crippen LogP contribution in [0.2, 0.25) is 0 Å². The van der Waals surface area contributed by atoms with Crippen LogP contribution in [0, 0.1) is 17.2 Å². The topological polar surface area (TPSA) is 91.2 Å². The molecule has 0 aliphatic rings. The maximum absolute atomic E-state index is 12.3. The van der Waals surface area contributed by atoms with Crippen molar-refractivity contribution in [1.29, 1.82) is 5.26 Å². The Bertz CT molecular complexity index is 751. The van der Waals surface area contributed by atoms with Crippen LogP contribution < -0.4 is 10.6 Å². The minimum atomic E-state index is -0.594. The molecule has 0 aromatic heterocycles. The zero-order chi connectivity index (χ0) is 25.6. The first-order valence-electron chi connectivity index (χ1n) is 13.0. The number of ether oxygens (including phenoxy) is 1. The third kappa shape index (κ3) is 14.4. The Morgan fingerprint density at radius 2 is 1.65 bits per heavy atom. The van der Waals surface area contributed by atoms with Crippen molar-refractivity contribution in [3.05, 3.63) is 35.4 Å². The van der Waals surface area contributed by atoms with Gasteiger partial charge in [-0.05, 0) is 42.5 Å². The zero-order valence-electron chi connectivity index (χ0n) is 21.9. The van der Waals surface area contributed by atoms with E-state index in [2.05, 4.69) is 31.4 Å². The van der Waals surface area contributed by atoms with Gasteiger partial charge in [-0.3, -0.25) is 0 Å². The number of hydrogen-bond acceptors (Lipinski definition) is 4. The number of unbranched alkanes of at least 4 members (excludes halogenated alkanes) is 5. The largest absolute Gasteiger partial charge is 0.461 e. The van der Waals surface area contributed by atoms with Gasteiger partial charge in [0.2, 0.25) is 0 Å². The fourth-order valence-corrected chi connectivity index (χ4v) is 3.24. The standard InChI is InChI=1S/C26H39N3O3.C2H6/c1-4-7-9-10-11-17-28-26(31)29-24-15-13-22(14-16-24)18-23(19-27)25(30)32-20-21(6-3)12-8-5-2;1-2/h13-16,18,21H,4-12,17,20H2,1-3H3,(H2,28,29,31);1-2H3/b23-18-;. The van der Waals surface area contributed by atoms with Crippen LogP contribution in [0.4, 0.5) is 10.5 Å². The molecule has 0 aliphatic carbocycles. The molecule has 1 aromatic rings. The number of esters is 1. The molecule has 6 heteroatoms. The highest BCUT2D eigenvalue weighted by Crippen LogP contribution is 2.16. The molecule has 0 fully saturated rings. The summed E-state index contributed by atoms with van der Waals surface area (Å²) in [5.74, 6) is -0.269. The molecule has 2 N–H and O–H groups in total. The molecular formula is C28H45N3O3. The van der Waals surface area contributed by atoms with Crippen molar-refractivity contribution < 1.29 is 14.3 Å². The molecule has 0 spiro atoms. The number of nitriles is 1. The summed E-state index contributed by atoms with van der Waals surface area (Å²) in [6.07, 6.45) is 11.4. The van der Waals surface area contributed by atoms with Gasteiger partial charge in [-0.25, -0.2) is 9.59 Å². The van der Waals surface area contributed by atoms with Gasteiger partial charge in [0, 0.05) is 12.2 Å². The van der Waals surface area contributed by atoms with Crippen molar-refractivity contribution in [1.82, 2.24) is 5.32 Å². The number of benzene rings is 1. The lowest BCUT2D eigenvalue weighted by Crippen LogP contribution is -2.29. The number of urea groups is 1. The lowest BCUT2D eigenvalue weighted by Gasteiger charge is -2.14. The molecule has 0 aliphatic heterocycles. The summed E-state index contributed by atoms with van der Waals surface area (Å²) in [6, 6.07) is 8.68. The first-order chi connectivity index (χ1) is 16.5. The predicted molar refractivity (Wildman–Crippen MR) is 141 cm³/mol. The van der Waals surface area contributed by atoms with E-state index in [9.17, 15) is 14.9 Å². The number of rotatable bonds is 15. The number of anilines is 1. The van der Waals surface area contributed by atoms with Gasteiger partial charge >= 0.3 is 12.0 Å². The average Bonchev–Trinajstić information content (AvgIpc) is 2.86. The van der Waals surface area contributed by atoms with Crippen LogP contribution in [0.25, 0.3) is 6.08 Å². The summed E-state index contributed by atoms with van der Waals surface area (Å²) in [4.78, 5) is 24.3. The second-order valence-electron chi connectivity index (χ2n) is 8.10. The van der Waals surface area contributed by atoms with Crippen LogP contribution in [0.15, 0.2) is 29.8 Å². The molecule has 190 valence electrons. The molecule has 1 atom stereocenters. The van der Waals surface area contributed by atoms with Gasteiger partial charge in [-0.15, -0.1) is 0 Å². The Labute approximate surface area is 207 Å². The molecule has 0 bridgehead atoms. The molecule has 0 heterocycles. The minimum Gasteiger partial charge on any atom is -0.461 e. The molecule has 1 unspecified atom stereocenters. The van der Waals surface area contributed by atoms with Crippen LogP contribution in [0.3, 0.4) is 0 Å². The van der Waals surface area contributed by atoms with Crippen LogP contribution in [-0.4, -0.2) is 25.2 Å². The van der Waals surface area contributed by atoms with Crippen molar-refractivity contribution in [3.8, 4) is 6.07 Å². The first-order valence-corrected chi connectivity index (χ1v) is 13.0. The molecule has 0 saturated carbocycles. The Hall–Kier alpha value is -2.81. The third-order valence-electron chi connectivity index (χ3n) is 5.38. The summed E-state index contributed by atoms with van der Waals surface area (Å²) in [5.41, 5.74) is 1.31. The first kappa shape index (κ1) is 31.2. The van der Waals surface area contributed by atoms with Crippen molar-refractivity contribution >= 4 is 23.8 Å². The summed E-state index contributed by atoms with van der Waals surface area (Å²) in [7, 11) is 0. The molecule has 1 rings (SSSR count). The second-order valence-corrected chi connectivity index (χ2v) is 8.10. The van der Waals surface area contributed by atoms with Crippen molar-refractivity contribution in [2.24, 2.45) is 5.92 Å². The number of hydrogen-bond donors (Lipinski definition) is 2. The molecule has 0 saturated heterocycles. The lowest BCUT2D eigenvalue weighted by molar-refractivity contribution is -0.139. The number of amides is 2. The van der Waals surface area contributed by atoms with Crippen molar-refractivity contribution in [2.75, 3.05) is 18.5 Å². The van der Waals surface area contributed by atoms with Gasteiger partial charge in [0.25, 0.3) is 0 Å². The van der Waals surface area contributed by atoms with Crippen LogP contribution in [0.1, 0.15) is 98.0 Å². The van der Waals surface area contributed by atoms with Crippen LogP contribution >= 0.6 is 0 Å². The Balaban J connectivity index is 0.00000529. The molecule has 2 amide bonds. The minimum absolute atomic E-state index is 0.0307. The van der Waals surface area contributed by atoms with Crippen molar-refractivity contribution in [2.45, 2.75) is 92.4 Å². The van der Waals surface area contributed by atoms with Gasteiger partial charge in [0.1, 0.15) is 11.6 Å². The highest BCUT2D eigenvalue weighted by atomic mass is 16.5. The van der Waals surface area contributed by atoms with E-state index in [1.807, 2.05) is 19.9 Å². The highest BCUT2D eigenvalue weighted by Gasteiger charge is 2.14. The maximum atomic E-state index is 12.3. The molecule has 34 heavy (non-hydrogen) atoms. The summed E-state index contributed by atoms with van der Waals surface area (Å²) in [6.45, 7) is 11.4. The van der Waals surface area contributed by atoms with Gasteiger partial charge in [0.05, 0.1) is 6.61 Å². The predicted octanol–water partition coefficient (Wildman–Crippen LogP) is 7.47. The number of carbonyl (C=O) groups excluding carboxylic acids is 2.